The Bertz CT molecular complexity index is 375. The Morgan fingerprint density at radius 2 is 0.591 bits per heavy atom. The van der Waals surface area contributed by atoms with Gasteiger partial charge in [0.25, 0.3) is 0 Å². The van der Waals surface area contributed by atoms with Gasteiger partial charge in [0.1, 0.15) is 0 Å². The van der Waals surface area contributed by atoms with Gasteiger partial charge >= 0.3 is 0 Å². The maximum absolute atomic E-state index is 4.50. The molecule has 1 heteroatoms. The molecular weight excluding hydrogens is 266 g/mol. The molecule has 0 saturated heterocycles. The van der Waals surface area contributed by atoms with Crippen LogP contribution in [-0.2, 0) is 25.7 Å². The third-order valence-corrected chi connectivity index (χ3v) is 3.68. The molecule has 22 heavy (non-hydrogen) atoms. The molecule has 0 amide bonds. The van der Waals surface area contributed by atoms with Crippen LogP contribution in [0.2, 0.25) is 0 Å². The zero-order valence-electron chi connectivity index (χ0n) is 15.0. The van der Waals surface area contributed by atoms with E-state index >= 15 is 0 Å². The van der Waals surface area contributed by atoms with E-state index < -0.39 is 0 Å². The molecule has 0 unspecified atom stereocenters. The van der Waals surface area contributed by atoms with Crippen LogP contribution in [0.5, 0.6) is 0 Å². The molecule has 0 atom stereocenters. The van der Waals surface area contributed by atoms with Crippen molar-refractivity contribution in [2.24, 2.45) is 5.73 Å². The maximum Gasteiger partial charge on any atom is -0.0195 e. The fourth-order valence-corrected chi connectivity index (χ4v) is 2.02. The first kappa shape index (κ1) is 20.4. The van der Waals surface area contributed by atoms with Crippen molar-refractivity contribution in [3.05, 3.63) is 70.8 Å². The first-order valence-electron chi connectivity index (χ1n) is 8.46. The summed E-state index contributed by atoms with van der Waals surface area (Å²) in [6.45, 7) is 8.73. The SMILES string of the molecule is CCc1ccc(CC)cc1.CCc1ccc(CC)cc1.CN. The zero-order chi connectivity index (χ0) is 16.8. The molecule has 0 aromatic heterocycles. The summed E-state index contributed by atoms with van der Waals surface area (Å²) in [6, 6.07) is 17.7. The molecule has 0 aliphatic carbocycles. The summed E-state index contributed by atoms with van der Waals surface area (Å²) >= 11 is 0. The van der Waals surface area contributed by atoms with Crippen molar-refractivity contribution < 1.29 is 0 Å². The van der Waals surface area contributed by atoms with E-state index in [0.29, 0.717) is 0 Å². The van der Waals surface area contributed by atoms with Gasteiger partial charge in [-0.3, -0.25) is 0 Å². The number of hydrogen-bond donors (Lipinski definition) is 1. The van der Waals surface area contributed by atoms with Gasteiger partial charge in [-0.1, -0.05) is 76.2 Å². The standard InChI is InChI=1S/2C10H14.CH5N/c2*1-3-9-5-7-10(4-2)8-6-9;1-2/h2*5-8H,3-4H2,1-2H3;2H2,1H3. The fourth-order valence-electron chi connectivity index (χ4n) is 2.02. The molecule has 0 heterocycles. The van der Waals surface area contributed by atoms with Crippen LogP contribution in [0, 0.1) is 0 Å². The number of rotatable bonds is 4. The Kier molecular flexibility index (Phi) is 12.1. The minimum absolute atomic E-state index is 1.14. The quantitative estimate of drug-likeness (QED) is 0.825. The van der Waals surface area contributed by atoms with Crippen molar-refractivity contribution in [1.82, 2.24) is 0 Å². The van der Waals surface area contributed by atoms with Gasteiger partial charge in [-0.15, -0.1) is 0 Å². The highest BCUT2D eigenvalue weighted by atomic mass is 14.4. The van der Waals surface area contributed by atoms with E-state index in [1.165, 1.54) is 29.3 Å². The molecule has 2 N–H and O–H groups in total. The van der Waals surface area contributed by atoms with Crippen molar-refractivity contribution in [2.75, 3.05) is 7.05 Å². The van der Waals surface area contributed by atoms with Gasteiger partial charge in [-0.2, -0.15) is 0 Å². The van der Waals surface area contributed by atoms with Crippen molar-refractivity contribution in [1.29, 1.82) is 0 Å². The molecule has 0 aliphatic heterocycles. The Balaban J connectivity index is 0.000000360. The minimum Gasteiger partial charge on any atom is -0.333 e. The summed E-state index contributed by atoms with van der Waals surface area (Å²) in [6.07, 6.45) is 4.57. The Morgan fingerprint density at radius 3 is 0.682 bits per heavy atom. The molecular formula is C21H33N. The smallest absolute Gasteiger partial charge is 0.0195 e. The fraction of sp³-hybridized carbons (Fsp3) is 0.429. The average molecular weight is 300 g/mol. The Labute approximate surface area is 137 Å². The summed E-state index contributed by atoms with van der Waals surface area (Å²) in [5.74, 6) is 0. The molecule has 2 rings (SSSR count). The Morgan fingerprint density at radius 1 is 0.455 bits per heavy atom. The third kappa shape index (κ3) is 7.99. The average Bonchev–Trinajstić information content (AvgIpc) is 2.64. The van der Waals surface area contributed by atoms with E-state index in [9.17, 15) is 0 Å². The van der Waals surface area contributed by atoms with E-state index in [0.717, 1.165) is 25.7 Å². The van der Waals surface area contributed by atoms with E-state index in [-0.39, 0.29) is 0 Å². The van der Waals surface area contributed by atoms with Gasteiger partial charge in [0.2, 0.25) is 0 Å². The van der Waals surface area contributed by atoms with Crippen LogP contribution in [0.15, 0.2) is 48.5 Å². The summed E-state index contributed by atoms with van der Waals surface area (Å²) < 4.78 is 0. The lowest BCUT2D eigenvalue weighted by Crippen LogP contribution is -1.81. The minimum atomic E-state index is 1.14. The zero-order valence-corrected chi connectivity index (χ0v) is 15.0. The largest absolute Gasteiger partial charge is 0.333 e. The molecule has 2 aromatic carbocycles. The number of aryl methyl sites for hydroxylation is 4. The number of nitrogens with two attached hydrogens (primary N) is 1. The van der Waals surface area contributed by atoms with E-state index in [4.69, 9.17) is 0 Å². The van der Waals surface area contributed by atoms with E-state index in [2.05, 4.69) is 82.0 Å². The molecule has 122 valence electrons. The Hall–Kier alpha value is -1.60. The van der Waals surface area contributed by atoms with Crippen molar-refractivity contribution in [2.45, 2.75) is 53.4 Å². The first-order chi connectivity index (χ1) is 10.7. The van der Waals surface area contributed by atoms with Crippen LogP contribution in [0.3, 0.4) is 0 Å². The maximum atomic E-state index is 4.50. The van der Waals surface area contributed by atoms with E-state index in [1.54, 1.807) is 0 Å². The van der Waals surface area contributed by atoms with Crippen molar-refractivity contribution in [3.63, 3.8) is 0 Å². The van der Waals surface area contributed by atoms with Crippen LogP contribution >= 0.6 is 0 Å². The van der Waals surface area contributed by atoms with Crippen LogP contribution in [0.25, 0.3) is 0 Å². The first-order valence-corrected chi connectivity index (χ1v) is 8.46. The molecule has 0 spiro atoms. The lowest BCUT2D eigenvalue weighted by molar-refractivity contribution is 1.10. The summed E-state index contributed by atoms with van der Waals surface area (Å²) in [7, 11) is 1.50. The molecule has 1 nitrogen and oxygen atoms in total. The van der Waals surface area contributed by atoms with Crippen LogP contribution in [0.4, 0.5) is 0 Å². The van der Waals surface area contributed by atoms with Gasteiger partial charge in [0.05, 0.1) is 0 Å². The van der Waals surface area contributed by atoms with E-state index in [1.807, 2.05) is 0 Å². The third-order valence-electron chi connectivity index (χ3n) is 3.68. The summed E-state index contributed by atoms with van der Waals surface area (Å²) in [5, 5.41) is 0. The molecule has 0 aliphatic rings. The van der Waals surface area contributed by atoms with Crippen molar-refractivity contribution in [3.8, 4) is 0 Å². The second-order valence-corrected chi connectivity index (χ2v) is 5.05. The molecule has 0 radical (unpaired) electrons. The number of benzene rings is 2. The highest BCUT2D eigenvalue weighted by molar-refractivity contribution is 5.22. The molecule has 0 saturated carbocycles. The number of hydrogen-bond acceptors (Lipinski definition) is 1. The van der Waals surface area contributed by atoms with Gasteiger partial charge in [0.15, 0.2) is 0 Å². The predicted molar refractivity (Wildman–Crippen MR) is 101 cm³/mol. The van der Waals surface area contributed by atoms with Gasteiger partial charge in [-0.05, 0) is 55.0 Å². The monoisotopic (exact) mass is 299 g/mol. The molecule has 0 fully saturated rings. The second kappa shape index (κ2) is 13.1. The second-order valence-electron chi connectivity index (χ2n) is 5.05. The van der Waals surface area contributed by atoms with Crippen LogP contribution in [0.1, 0.15) is 49.9 Å². The van der Waals surface area contributed by atoms with Crippen LogP contribution < -0.4 is 5.73 Å². The summed E-state index contributed by atoms with van der Waals surface area (Å²) in [5.41, 5.74) is 10.2. The van der Waals surface area contributed by atoms with Gasteiger partial charge in [0, 0.05) is 0 Å². The topological polar surface area (TPSA) is 26.0 Å². The molecule has 2 aromatic rings. The molecule has 0 bridgehead atoms. The van der Waals surface area contributed by atoms with Crippen molar-refractivity contribution >= 4 is 0 Å². The van der Waals surface area contributed by atoms with Gasteiger partial charge < -0.3 is 5.73 Å². The van der Waals surface area contributed by atoms with Crippen LogP contribution in [-0.4, -0.2) is 7.05 Å². The highest BCUT2D eigenvalue weighted by Crippen LogP contribution is 2.05. The predicted octanol–water partition coefficient (Wildman–Crippen LogP) is 5.20. The summed E-state index contributed by atoms with van der Waals surface area (Å²) in [4.78, 5) is 0. The lowest BCUT2D eigenvalue weighted by Gasteiger charge is -1.97. The lowest BCUT2D eigenvalue weighted by atomic mass is 10.1. The highest BCUT2D eigenvalue weighted by Gasteiger charge is 1.89. The normalized spacial score (nSPS) is 9.18. The van der Waals surface area contributed by atoms with Gasteiger partial charge in [-0.25, -0.2) is 0 Å².